The maximum absolute atomic E-state index is 5.85. The molecule has 5 heteroatoms. The molecule has 0 aliphatic carbocycles. The van der Waals surface area contributed by atoms with E-state index in [2.05, 4.69) is 36.1 Å². The van der Waals surface area contributed by atoms with Gasteiger partial charge in [0.05, 0.1) is 11.9 Å². The predicted molar refractivity (Wildman–Crippen MR) is 86.9 cm³/mol. The van der Waals surface area contributed by atoms with Gasteiger partial charge in [-0.25, -0.2) is 4.98 Å². The van der Waals surface area contributed by atoms with E-state index in [0.717, 1.165) is 16.3 Å². The topological polar surface area (TPSA) is 47.0 Å². The van der Waals surface area contributed by atoms with Crippen molar-refractivity contribution >= 4 is 11.8 Å². The van der Waals surface area contributed by atoms with Crippen molar-refractivity contribution in [2.45, 2.75) is 37.8 Å². The van der Waals surface area contributed by atoms with Gasteiger partial charge in [0.1, 0.15) is 5.75 Å². The second kappa shape index (κ2) is 6.91. The highest BCUT2D eigenvalue weighted by Gasteiger charge is 2.10. The van der Waals surface area contributed by atoms with Crippen LogP contribution in [0.25, 0.3) is 0 Å². The van der Waals surface area contributed by atoms with Crippen molar-refractivity contribution in [3.63, 3.8) is 0 Å². The fourth-order valence-corrected chi connectivity index (χ4v) is 2.22. The largest absolute Gasteiger partial charge is 0.436 e. The molecule has 2 rings (SSSR count). The smallest absolute Gasteiger partial charge is 0.238 e. The van der Waals surface area contributed by atoms with Crippen LogP contribution < -0.4 is 10.1 Å². The number of para-hydroxylation sites is 1. The van der Waals surface area contributed by atoms with Crippen molar-refractivity contribution in [1.29, 1.82) is 0 Å². The molecule has 2 aromatic rings. The highest BCUT2D eigenvalue weighted by atomic mass is 32.2. The molecule has 0 bridgehead atoms. The summed E-state index contributed by atoms with van der Waals surface area (Å²) in [6, 6.07) is 7.91. The third kappa shape index (κ3) is 5.02. The second-order valence-electron chi connectivity index (χ2n) is 5.71. The Morgan fingerprint density at radius 2 is 1.95 bits per heavy atom. The lowest BCUT2D eigenvalue weighted by atomic mass is 10.1. The van der Waals surface area contributed by atoms with Gasteiger partial charge in [0, 0.05) is 23.2 Å². The normalized spacial score (nSPS) is 11.4. The number of rotatable bonds is 5. The van der Waals surface area contributed by atoms with Crippen molar-refractivity contribution in [2.75, 3.05) is 6.26 Å². The molecule has 0 fully saturated rings. The van der Waals surface area contributed by atoms with Crippen LogP contribution in [0.4, 0.5) is 0 Å². The van der Waals surface area contributed by atoms with Gasteiger partial charge in [0.25, 0.3) is 0 Å². The molecule has 0 saturated heterocycles. The average Bonchev–Trinajstić information content (AvgIpc) is 2.45. The standard InChI is InChI=1S/C16H21N3OS/c1-16(2,3)18-10-12-9-17-11-15(19-12)20-13-7-5-6-8-14(13)21-4/h5-9,11,18H,10H2,1-4H3. The summed E-state index contributed by atoms with van der Waals surface area (Å²) in [6.45, 7) is 7.03. The Kier molecular flexibility index (Phi) is 5.20. The van der Waals surface area contributed by atoms with Gasteiger partial charge in [-0.1, -0.05) is 12.1 Å². The number of nitrogens with one attached hydrogen (secondary N) is 1. The summed E-state index contributed by atoms with van der Waals surface area (Å²) in [6.07, 6.45) is 5.42. The SMILES string of the molecule is CSc1ccccc1Oc1cncc(CNC(C)(C)C)n1. The molecule has 0 radical (unpaired) electrons. The predicted octanol–water partition coefficient (Wildman–Crippen LogP) is 3.88. The molecule has 112 valence electrons. The summed E-state index contributed by atoms with van der Waals surface area (Å²) in [5.41, 5.74) is 0.910. The summed E-state index contributed by atoms with van der Waals surface area (Å²) in [5, 5.41) is 3.39. The van der Waals surface area contributed by atoms with Crippen LogP contribution in [0.3, 0.4) is 0 Å². The van der Waals surface area contributed by atoms with E-state index in [9.17, 15) is 0 Å². The van der Waals surface area contributed by atoms with Crippen LogP contribution in [0, 0.1) is 0 Å². The molecule has 21 heavy (non-hydrogen) atoms. The summed E-state index contributed by atoms with van der Waals surface area (Å²) in [7, 11) is 0. The minimum atomic E-state index is 0.0456. The first-order valence-corrected chi connectivity index (χ1v) is 8.07. The minimum absolute atomic E-state index is 0.0456. The molecule has 0 amide bonds. The summed E-state index contributed by atoms with van der Waals surface area (Å²) in [5.74, 6) is 1.32. The van der Waals surface area contributed by atoms with Crippen molar-refractivity contribution in [1.82, 2.24) is 15.3 Å². The maximum Gasteiger partial charge on any atom is 0.238 e. The van der Waals surface area contributed by atoms with E-state index in [1.165, 1.54) is 0 Å². The Labute approximate surface area is 130 Å². The highest BCUT2D eigenvalue weighted by molar-refractivity contribution is 7.98. The molecular formula is C16H21N3OS. The van der Waals surface area contributed by atoms with Crippen LogP contribution in [0.1, 0.15) is 26.5 Å². The van der Waals surface area contributed by atoms with Gasteiger partial charge in [0.15, 0.2) is 0 Å². The first kappa shape index (κ1) is 15.8. The lowest BCUT2D eigenvalue weighted by Gasteiger charge is -2.20. The van der Waals surface area contributed by atoms with Crippen molar-refractivity contribution in [2.24, 2.45) is 0 Å². The Morgan fingerprint density at radius 1 is 1.19 bits per heavy atom. The number of thioether (sulfide) groups is 1. The van der Waals surface area contributed by atoms with Crippen LogP contribution >= 0.6 is 11.8 Å². The van der Waals surface area contributed by atoms with E-state index in [1.807, 2.05) is 30.5 Å². The van der Waals surface area contributed by atoms with Gasteiger partial charge in [-0.2, -0.15) is 0 Å². The van der Waals surface area contributed by atoms with Gasteiger partial charge < -0.3 is 10.1 Å². The highest BCUT2D eigenvalue weighted by Crippen LogP contribution is 2.30. The zero-order valence-electron chi connectivity index (χ0n) is 12.9. The fourth-order valence-electron chi connectivity index (χ4n) is 1.69. The van der Waals surface area contributed by atoms with E-state index in [-0.39, 0.29) is 5.54 Å². The van der Waals surface area contributed by atoms with Crippen LogP contribution in [-0.4, -0.2) is 21.8 Å². The van der Waals surface area contributed by atoms with Gasteiger partial charge in [-0.15, -0.1) is 11.8 Å². The number of hydrogen-bond acceptors (Lipinski definition) is 5. The quantitative estimate of drug-likeness (QED) is 0.849. The maximum atomic E-state index is 5.85. The molecular weight excluding hydrogens is 282 g/mol. The summed E-state index contributed by atoms with van der Waals surface area (Å²) < 4.78 is 5.85. The van der Waals surface area contributed by atoms with Crippen LogP contribution in [0.15, 0.2) is 41.6 Å². The third-order valence-electron chi connectivity index (χ3n) is 2.75. The molecule has 1 aromatic heterocycles. The fraction of sp³-hybridized carbons (Fsp3) is 0.375. The monoisotopic (exact) mass is 303 g/mol. The first-order chi connectivity index (χ1) is 9.98. The van der Waals surface area contributed by atoms with E-state index in [0.29, 0.717) is 12.4 Å². The molecule has 0 aliphatic heterocycles. The summed E-state index contributed by atoms with van der Waals surface area (Å²) >= 11 is 1.65. The van der Waals surface area contributed by atoms with Crippen LogP contribution in [0.5, 0.6) is 11.6 Å². The van der Waals surface area contributed by atoms with Crippen molar-refractivity contribution < 1.29 is 4.74 Å². The number of aromatic nitrogens is 2. The first-order valence-electron chi connectivity index (χ1n) is 6.85. The molecule has 4 nitrogen and oxygen atoms in total. The average molecular weight is 303 g/mol. The molecule has 0 atom stereocenters. The Morgan fingerprint density at radius 3 is 2.67 bits per heavy atom. The molecule has 1 aromatic carbocycles. The van der Waals surface area contributed by atoms with Crippen LogP contribution in [-0.2, 0) is 6.54 Å². The zero-order chi connectivity index (χ0) is 15.3. The molecule has 0 aliphatic rings. The Balaban J connectivity index is 2.10. The van der Waals surface area contributed by atoms with Gasteiger partial charge in [-0.05, 0) is 39.2 Å². The van der Waals surface area contributed by atoms with Gasteiger partial charge >= 0.3 is 0 Å². The Bertz CT molecular complexity index is 596. The molecule has 1 N–H and O–H groups in total. The summed E-state index contributed by atoms with van der Waals surface area (Å²) in [4.78, 5) is 9.77. The van der Waals surface area contributed by atoms with E-state index >= 15 is 0 Å². The Hall–Kier alpha value is -1.59. The molecule has 0 unspecified atom stereocenters. The number of hydrogen-bond donors (Lipinski definition) is 1. The number of nitrogens with zero attached hydrogens (tertiary/aromatic N) is 2. The number of ether oxygens (including phenoxy) is 1. The minimum Gasteiger partial charge on any atom is -0.436 e. The van der Waals surface area contributed by atoms with Gasteiger partial charge in [-0.3, -0.25) is 4.98 Å². The lowest BCUT2D eigenvalue weighted by molar-refractivity contribution is 0.413. The van der Waals surface area contributed by atoms with E-state index < -0.39 is 0 Å². The second-order valence-corrected chi connectivity index (χ2v) is 6.55. The lowest BCUT2D eigenvalue weighted by Crippen LogP contribution is -2.35. The van der Waals surface area contributed by atoms with Gasteiger partial charge in [0.2, 0.25) is 5.88 Å². The third-order valence-corrected chi connectivity index (χ3v) is 3.52. The molecule has 0 saturated carbocycles. The zero-order valence-corrected chi connectivity index (χ0v) is 13.7. The van der Waals surface area contributed by atoms with Crippen LogP contribution in [0.2, 0.25) is 0 Å². The molecule has 0 spiro atoms. The number of benzene rings is 1. The molecule has 1 heterocycles. The van der Waals surface area contributed by atoms with E-state index in [1.54, 1.807) is 24.2 Å². The van der Waals surface area contributed by atoms with E-state index in [4.69, 9.17) is 4.74 Å². The van der Waals surface area contributed by atoms with Crippen molar-refractivity contribution in [3.8, 4) is 11.6 Å². The van der Waals surface area contributed by atoms with Crippen molar-refractivity contribution in [3.05, 3.63) is 42.4 Å².